The number of hydrogen-bond acceptors (Lipinski definition) is 7. The minimum Gasteiger partial charge on any atom is -0.493 e. The summed E-state index contributed by atoms with van der Waals surface area (Å²) >= 11 is 0. The normalized spacial score (nSPS) is 16.7. The van der Waals surface area contributed by atoms with E-state index in [-0.39, 0.29) is 45.2 Å². The van der Waals surface area contributed by atoms with Crippen molar-refractivity contribution in [2.45, 2.75) is 255 Å². The van der Waals surface area contributed by atoms with Crippen molar-refractivity contribution in [3.8, 4) is 40.2 Å². The van der Waals surface area contributed by atoms with Gasteiger partial charge in [-0.3, -0.25) is 0 Å². The van der Waals surface area contributed by atoms with Crippen LogP contribution in [0, 0.1) is 0 Å². The molecule has 0 aliphatic carbocycles. The summed E-state index contributed by atoms with van der Waals surface area (Å²) in [5.41, 5.74) is -0.308. The van der Waals surface area contributed by atoms with Gasteiger partial charge in [0.05, 0.1) is 18.8 Å². The second-order valence-corrected chi connectivity index (χ2v) is 55.3. The molecule has 0 radical (unpaired) electrons. The Labute approximate surface area is 855 Å². The third-order valence-corrected chi connectivity index (χ3v) is 43.5. The first-order valence-corrected chi connectivity index (χ1v) is 62.1. The predicted molar refractivity (Wildman–Crippen MR) is 600 cm³/mol. The zero-order chi connectivity index (χ0) is 99.1. The lowest BCUT2D eigenvalue weighted by Gasteiger charge is -2.23. The molecule has 7 fully saturated rings. The number of benzene rings is 14. The molecule has 0 spiro atoms. The monoisotopic (exact) mass is 2050 g/mol. The first-order valence-electron chi connectivity index (χ1n) is 51.2. The van der Waals surface area contributed by atoms with Crippen LogP contribution in [-0.4, -0.2) is 136 Å². The maximum atomic E-state index is 12.4. The van der Waals surface area contributed by atoms with Gasteiger partial charge < -0.3 is 33.2 Å². The van der Waals surface area contributed by atoms with Gasteiger partial charge >= 0.3 is 12.4 Å². The third-order valence-electron chi connectivity index (χ3n) is 25.7. The van der Waals surface area contributed by atoms with E-state index in [1.807, 2.05) is 67.6 Å². The average molecular weight is 2050 g/mol. The summed E-state index contributed by atoms with van der Waals surface area (Å²) in [5.74, 6) is 24.2. The highest BCUT2D eigenvalue weighted by atomic mass is 32.2. The lowest BCUT2D eigenvalue weighted by Crippen LogP contribution is -2.23. The molecular formula is C121H145F6O7S7+7. The smallest absolute Gasteiger partial charge is 0.422 e. The van der Waals surface area contributed by atoms with Crippen molar-refractivity contribution in [3.63, 3.8) is 0 Å². The minimum atomic E-state index is -4.31. The van der Waals surface area contributed by atoms with Crippen molar-refractivity contribution in [1.82, 2.24) is 0 Å². The molecule has 7 nitrogen and oxygen atoms in total. The van der Waals surface area contributed by atoms with Crippen molar-refractivity contribution in [1.29, 1.82) is 0 Å². The molecule has 7 aliphatic rings. The van der Waals surface area contributed by atoms with Crippen LogP contribution in [-0.2, 0) is 76.3 Å². The van der Waals surface area contributed by atoms with Crippen LogP contribution < -0.4 is 33.2 Å². The third kappa shape index (κ3) is 29.7. The van der Waals surface area contributed by atoms with Crippen LogP contribution in [0.15, 0.2) is 289 Å². The quantitative estimate of drug-likeness (QED) is 0.0590. The fourth-order valence-electron chi connectivity index (χ4n) is 19.5. The zero-order valence-electron chi connectivity index (χ0n) is 84.4. The molecule has 7 heterocycles. The molecule has 21 rings (SSSR count). The first kappa shape index (κ1) is 107. The molecular weight excluding hydrogens is 1900 g/mol. The Hall–Kier alpha value is -8.47. The molecule has 0 unspecified atom stereocenters. The van der Waals surface area contributed by atoms with E-state index in [0.717, 1.165) is 56.9 Å². The number of rotatable bonds is 19. The number of fused-ring (bicyclic) bond motifs is 7. The van der Waals surface area contributed by atoms with Crippen LogP contribution in [0.25, 0.3) is 75.4 Å². The number of ether oxygens (including phenoxy) is 7. The summed E-state index contributed by atoms with van der Waals surface area (Å²) in [6, 6.07) is 88.4. The Bertz CT molecular complexity index is 6370. The van der Waals surface area contributed by atoms with E-state index < -0.39 is 25.6 Å². The molecule has 14 aromatic carbocycles. The van der Waals surface area contributed by atoms with E-state index in [0.29, 0.717) is 66.0 Å². The Morgan fingerprint density at radius 1 is 0.213 bits per heavy atom. The molecule has 0 amide bonds. The van der Waals surface area contributed by atoms with Gasteiger partial charge in [0.15, 0.2) is 47.5 Å². The van der Waals surface area contributed by atoms with Crippen LogP contribution in [0.3, 0.4) is 0 Å². The maximum Gasteiger partial charge on any atom is 0.422 e. The lowest BCUT2D eigenvalue weighted by molar-refractivity contribution is -0.153. The Morgan fingerprint density at radius 3 is 0.560 bits per heavy atom. The van der Waals surface area contributed by atoms with Crippen molar-refractivity contribution in [2.75, 3.05) is 100 Å². The van der Waals surface area contributed by atoms with Gasteiger partial charge in [-0.25, -0.2) is 0 Å². The van der Waals surface area contributed by atoms with E-state index in [2.05, 4.69) is 251 Å². The highest BCUT2D eigenvalue weighted by molar-refractivity contribution is 7.99. The van der Waals surface area contributed by atoms with Crippen molar-refractivity contribution < 1.29 is 59.5 Å². The van der Waals surface area contributed by atoms with Gasteiger partial charge in [0.2, 0.25) is 0 Å². The summed E-state index contributed by atoms with van der Waals surface area (Å²) in [4.78, 5) is 10.3. The summed E-state index contributed by atoms with van der Waals surface area (Å²) in [6.45, 7) is 21.3. The van der Waals surface area contributed by atoms with Gasteiger partial charge in [0.1, 0.15) is 132 Å². The van der Waals surface area contributed by atoms with E-state index in [9.17, 15) is 26.3 Å². The highest BCUT2D eigenvalue weighted by Gasteiger charge is 2.38. The molecule has 0 aromatic heterocycles. The molecule has 0 bridgehead atoms. The number of hydrogen-bond donors (Lipinski definition) is 0. The summed E-state index contributed by atoms with van der Waals surface area (Å²) in [5, 5.41) is 16.9. The second-order valence-electron chi connectivity index (χ2n) is 39.6. The SMILES string of the molecule is CC(C)(C)Oc1ccc([S+]2CCCC2)c2ccccc12.CC(C)(C)Oc1ccc([S+]2CCCCC2)c2ccccc12.CC(C)Oc1ccc([S+]2CCCC2)c2ccccc12.CC(C)Oc1ccc([S+]2CCCCC2)c2ccccc12.CCOc1ccc([S+]2CCCC2)c2ccccc12.FC(F)(F)COc1ccc([S+]2CCCC2)c2ccccc12.FC(F)(F)COc1ccc([S+]2CCCCC2)c2ccccc12. The van der Waals surface area contributed by atoms with Crippen LogP contribution >= 0.6 is 0 Å². The Kier molecular flexibility index (Phi) is 38.7. The molecule has 0 saturated carbocycles. The van der Waals surface area contributed by atoms with E-state index in [4.69, 9.17) is 33.2 Å². The van der Waals surface area contributed by atoms with Gasteiger partial charge in [0.25, 0.3) is 0 Å². The summed E-state index contributed by atoms with van der Waals surface area (Å²) in [6.07, 6.45) is 14.8. The van der Waals surface area contributed by atoms with Gasteiger partial charge in [-0.15, -0.1) is 0 Å². The standard InChI is InChI=1S/C19H25OS.2C18H23OS.C17H18F3OS.C17H21OS.C16H16F3OS.C16H19OS/c1-19(2,3)20-17-11-12-18(21-13-7-4-8-14-21)16-10-6-5-9-15(16)17;1-18(2,3)19-16-10-11-17(20-12-6-7-13-20)15-9-5-4-8-14(15)16;1-14(2)19-17-10-11-18(20-12-6-3-7-13-20)16-9-5-4-8-15(16)17;18-17(19,20)12-21-15-8-9-16(22-10-4-1-5-11-22)14-7-3-2-6-13(14)15;1-13(2)18-16-9-10-17(19-11-5-6-12-19)15-8-4-3-7-14(15)16;17-16(18,19)11-20-14-7-8-15(21-9-3-4-10-21)13-6-2-1-5-12(13)14;1-2-17-15-9-10-16(18-11-5-6-12-18)14-8-4-3-7-13(14)15/h5-6,9-12H,4,7-8,13-14H2,1-3H3;4-5,8-11H,6-7,12-13H2,1-3H3;4-5,8-11,14H,3,6-7,12-13H2,1-2H3;2-3,6-9H,1,4-5,10-12H2;3-4,7-10,13H,5-6,11-12H2,1-2H3;1-2,5-8H,3-4,9-11H2;3-4,7-10H,2,5-6,11-12H2,1H3/q7*+1. The maximum absolute atomic E-state index is 12.4. The largest absolute Gasteiger partial charge is 0.493 e. The van der Waals surface area contributed by atoms with Gasteiger partial charge in [-0.2, -0.15) is 26.3 Å². The molecule has 0 atom stereocenters. The Balaban J connectivity index is 0.000000124. The number of alkyl halides is 6. The van der Waals surface area contributed by atoms with E-state index in [1.54, 1.807) is 36.6 Å². The molecule has 0 N–H and O–H groups in total. The molecule has 141 heavy (non-hydrogen) atoms. The second kappa shape index (κ2) is 51.0. The number of halogens is 6. The summed E-state index contributed by atoms with van der Waals surface area (Å²) < 4.78 is 114. The molecule has 7 aliphatic heterocycles. The summed E-state index contributed by atoms with van der Waals surface area (Å²) in [7, 11) is 2.68. The van der Waals surface area contributed by atoms with Crippen molar-refractivity contribution in [3.05, 3.63) is 255 Å². The van der Waals surface area contributed by atoms with Crippen LogP contribution in [0.4, 0.5) is 26.3 Å². The van der Waals surface area contributed by atoms with Crippen LogP contribution in [0.1, 0.15) is 185 Å². The van der Waals surface area contributed by atoms with Gasteiger partial charge in [0, 0.05) is 152 Å². The predicted octanol–water partition coefficient (Wildman–Crippen LogP) is 32.7. The van der Waals surface area contributed by atoms with Gasteiger partial charge in [-0.05, 0) is 313 Å². The molecule has 748 valence electrons. The highest BCUT2D eigenvalue weighted by Crippen LogP contribution is 2.45. The van der Waals surface area contributed by atoms with Crippen LogP contribution in [0.5, 0.6) is 40.2 Å². The van der Waals surface area contributed by atoms with E-state index in [1.165, 1.54) is 253 Å². The van der Waals surface area contributed by atoms with E-state index >= 15 is 0 Å². The van der Waals surface area contributed by atoms with Crippen LogP contribution in [0.2, 0.25) is 0 Å². The first-order chi connectivity index (χ1) is 68.1. The topological polar surface area (TPSA) is 64.6 Å². The molecule has 20 heteroatoms. The fraction of sp³-hybridized carbons (Fsp3) is 0.421. The van der Waals surface area contributed by atoms with Crippen molar-refractivity contribution in [2.24, 2.45) is 0 Å². The average Bonchev–Trinajstić information content (AvgIpc) is 1.34. The van der Waals surface area contributed by atoms with Crippen molar-refractivity contribution >= 4 is 152 Å². The lowest BCUT2D eigenvalue weighted by atomic mass is 10.1. The Morgan fingerprint density at radius 2 is 0.376 bits per heavy atom. The zero-order valence-corrected chi connectivity index (χ0v) is 90.1. The minimum absolute atomic E-state index is 0.153. The van der Waals surface area contributed by atoms with Gasteiger partial charge in [-0.1, -0.05) is 127 Å². The fourth-order valence-corrected chi connectivity index (χ4v) is 37.0. The molecule has 14 aromatic rings. The molecule has 7 saturated heterocycles.